The highest BCUT2D eigenvalue weighted by atomic mass is 16.5. The predicted octanol–water partition coefficient (Wildman–Crippen LogP) is 6.36. The molecule has 0 fully saturated rings. The molecule has 1 N–H and O–H groups in total. The molecule has 0 saturated carbocycles. The first-order valence-corrected chi connectivity index (χ1v) is 11.6. The fraction of sp³-hybridized carbons (Fsp3) is 0.310. The second-order valence-corrected chi connectivity index (χ2v) is 7.94. The average Bonchev–Trinajstić information content (AvgIpc) is 2.86. The number of likely N-dealkylation sites (N-methyl/N-ethyl adjacent to an activating group) is 1. The van der Waals surface area contributed by atoms with Gasteiger partial charge in [0.2, 0.25) is 0 Å². The minimum absolute atomic E-state index is 0.0276. The van der Waals surface area contributed by atoms with Crippen LogP contribution in [-0.4, -0.2) is 43.4 Å². The summed E-state index contributed by atoms with van der Waals surface area (Å²) in [4.78, 5) is 2.35. The Morgan fingerprint density at radius 1 is 0.909 bits per heavy atom. The normalized spacial score (nSPS) is 12.6. The largest absolute Gasteiger partial charge is 0.508 e. The number of allylic oxidation sites excluding steroid dienone is 2. The minimum Gasteiger partial charge on any atom is -0.508 e. The molecule has 0 radical (unpaired) electrons. The number of methoxy groups -OCH3 is 1. The summed E-state index contributed by atoms with van der Waals surface area (Å²) in [5.41, 5.74) is 4.46. The zero-order valence-corrected chi connectivity index (χ0v) is 20.1. The van der Waals surface area contributed by atoms with Gasteiger partial charge in [0.05, 0.1) is 7.11 Å². The number of hydrogen-bond donors (Lipinski definition) is 1. The summed E-state index contributed by atoms with van der Waals surface area (Å²) < 4.78 is 11.3. The van der Waals surface area contributed by atoms with Crippen molar-refractivity contribution in [3.8, 4) is 17.2 Å². The topological polar surface area (TPSA) is 41.9 Å². The SMILES string of the molecule is C/C=C(\c1ccc(OC)cc1)C(c1ccc(OCCN(CC)CC)cc1)c1cccc(O)c1. The van der Waals surface area contributed by atoms with Crippen molar-refractivity contribution in [3.05, 3.63) is 95.6 Å². The Hall–Kier alpha value is -3.24. The third-order valence-electron chi connectivity index (χ3n) is 6.03. The maximum Gasteiger partial charge on any atom is 0.119 e. The summed E-state index contributed by atoms with van der Waals surface area (Å²) in [6, 6.07) is 23.9. The number of benzene rings is 3. The zero-order chi connectivity index (χ0) is 23.6. The third kappa shape index (κ3) is 6.39. The second-order valence-electron chi connectivity index (χ2n) is 7.94. The van der Waals surface area contributed by atoms with Crippen LogP contribution < -0.4 is 9.47 Å². The lowest BCUT2D eigenvalue weighted by molar-refractivity contribution is 0.223. The highest BCUT2D eigenvalue weighted by Gasteiger charge is 2.21. The van der Waals surface area contributed by atoms with Gasteiger partial charge in [0.15, 0.2) is 0 Å². The van der Waals surface area contributed by atoms with Gasteiger partial charge >= 0.3 is 0 Å². The molecule has 0 aliphatic heterocycles. The fourth-order valence-corrected chi connectivity index (χ4v) is 4.13. The van der Waals surface area contributed by atoms with Gasteiger partial charge in [0.25, 0.3) is 0 Å². The summed E-state index contributed by atoms with van der Waals surface area (Å²) in [5.74, 6) is 1.93. The lowest BCUT2D eigenvalue weighted by Crippen LogP contribution is -2.27. The molecule has 3 aromatic rings. The predicted molar refractivity (Wildman–Crippen MR) is 136 cm³/mol. The Bertz CT molecular complexity index is 1020. The van der Waals surface area contributed by atoms with Crippen molar-refractivity contribution in [2.24, 2.45) is 0 Å². The summed E-state index contributed by atoms with van der Waals surface area (Å²) in [5, 5.41) is 10.2. The van der Waals surface area contributed by atoms with Crippen LogP contribution in [0, 0.1) is 0 Å². The van der Waals surface area contributed by atoms with E-state index in [9.17, 15) is 5.11 Å². The average molecular weight is 446 g/mol. The maximum atomic E-state index is 10.2. The van der Waals surface area contributed by atoms with E-state index in [2.05, 4.69) is 62.1 Å². The molecule has 1 unspecified atom stereocenters. The van der Waals surface area contributed by atoms with E-state index in [0.717, 1.165) is 47.8 Å². The summed E-state index contributed by atoms with van der Waals surface area (Å²) in [7, 11) is 1.67. The molecule has 0 saturated heterocycles. The lowest BCUT2D eigenvalue weighted by atomic mass is 9.81. The number of nitrogens with zero attached hydrogens (tertiary/aromatic N) is 1. The standard InChI is InChI=1S/C29H35NO3/c1-5-28(22-11-15-26(32-4)16-12-22)29(24-9-8-10-25(31)21-24)23-13-17-27(18-14-23)33-20-19-30(6-2)7-3/h5,8-18,21,29,31H,6-7,19-20H2,1-4H3/b28-5+. The van der Waals surface area contributed by atoms with Crippen LogP contribution in [0.5, 0.6) is 17.2 Å². The molecular weight excluding hydrogens is 410 g/mol. The molecule has 4 heteroatoms. The van der Waals surface area contributed by atoms with E-state index in [-0.39, 0.29) is 11.7 Å². The number of ether oxygens (including phenoxy) is 2. The van der Waals surface area contributed by atoms with Gasteiger partial charge in [-0.3, -0.25) is 0 Å². The van der Waals surface area contributed by atoms with Gasteiger partial charge in [0.1, 0.15) is 23.9 Å². The minimum atomic E-state index is -0.0276. The first-order valence-electron chi connectivity index (χ1n) is 11.6. The molecule has 3 rings (SSSR count). The van der Waals surface area contributed by atoms with Crippen molar-refractivity contribution >= 4 is 5.57 Å². The molecule has 4 nitrogen and oxygen atoms in total. The summed E-state index contributed by atoms with van der Waals surface area (Å²) >= 11 is 0. The van der Waals surface area contributed by atoms with Gasteiger partial charge in [0, 0.05) is 12.5 Å². The van der Waals surface area contributed by atoms with Gasteiger partial charge in [-0.15, -0.1) is 0 Å². The van der Waals surface area contributed by atoms with Crippen LogP contribution in [0.4, 0.5) is 0 Å². The van der Waals surface area contributed by atoms with E-state index in [1.807, 2.05) is 36.4 Å². The van der Waals surface area contributed by atoms with E-state index >= 15 is 0 Å². The molecule has 0 heterocycles. The Morgan fingerprint density at radius 3 is 2.15 bits per heavy atom. The van der Waals surface area contributed by atoms with E-state index in [4.69, 9.17) is 9.47 Å². The molecule has 33 heavy (non-hydrogen) atoms. The number of aromatic hydroxyl groups is 1. The smallest absolute Gasteiger partial charge is 0.119 e. The van der Waals surface area contributed by atoms with E-state index in [1.54, 1.807) is 13.2 Å². The van der Waals surface area contributed by atoms with Crippen molar-refractivity contribution in [2.45, 2.75) is 26.7 Å². The number of phenols is 1. The maximum absolute atomic E-state index is 10.2. The lowest BCUT2D eigenvalue weighted by Gasteiger charge is -2.23. The first-order chi connectivity index (χ1) is 16.1. The Kier molecular flexibility index (Phi) is 8.96. The molecular formula is C29H35NO3. The molecule has 0 spiro atoms. The van der Waals surface area contributed by atoms with Crippen LogP contribution in [0.2, 0.25) is 0 Å². The van der Waals surface area contributed by atoms with Gasteiger partial charge in [-0.25, -0.2) is 0 Å². The molecule has 3 aromatic carbocycles. The molecule has 0 bridgehead atoms. The number of phenolic OH excluding ortho intramolecular Hbond substituents is 1. The van der Waals surface area contributed by atoms with Crippen LogP contribution >= 0.6 is 0 Å². The zero-order valence-electron chi connectivity index (χ0n) is 20.1. The molecule has 0 aliphatic carbocycles. The van der Waals surface area contributed by atoms with Crippen LogP contribution in [0.15, 0.2) is 78.9 Å². The Labute approximate surface area is 198 Å². The highest BCUT2D eigenvalue weighted by Crippen LogP contribution is 2.39. The fourth-order valence-electron chi connectivity index (χ4n) is 4.13. The van der Waals surface area contributed by atoms with Crippen molar-refractivity contribution in [3.63, 3.8) is 0 Å². The first kappa shape index (κ1) is 24.4. The van der Waals surface area contributed by atoms with E-state index in [0.29, 0.717) is 6.61 Å². The monoisotopic (exact) mass is 445 g/mol. The highest BCUT2D eigenvalue weighted by molar-refractivity contribution is 5.75. The molecule has 0 aliphatic rings. The quantitative estimate of drug-likeness (QED) is 0.373. The third-order valence-corrected chi connectivity index (χ3v) is 6.03. The Morgan fingerprint density at radius 2 is 1.58 bits per heavy atom. The van der Waals surface area contributed by atoms with Gasteiger partial charge in [-0.2, -0.15) is 0 Å². The Balaban J connectivity index is 1.89. The van der Waals surface area contributed by atoms with Gasteiger partial charge in [-0.1, -0.05) is 56.3 Å². The van der Waals surface area contributed by atoms with Crippen LogP contribution in [-0.2, 0) is 0 Å². The van der Waals surface area contributed by atoms with Crippen molar-refractivity contribution in [2.75, 3.05) is 33.4 Å². The van der Waals surface area contributed by atoms with Gasteiger partial charge in [-0.05, 0) is 78.7 Å². The van der Waals surface area contributed by atoms with Crippen molar-refractivity contribution in [1.29, 1.82) is 0 Å². The molecule has 174 valence electrons. The molecule has 0 aromatic heterocycles. The van der Waals surface area contributed by atoms with Gasteiger partial charge < -0.3 is 19.5 Å². The van der Waals surface area contributed by atoms with Crippen molar-refractivity contribution < 1.29 is 14.6 Å². The van der Waals surface area contributed by atoms with Crippen LogP contribution in [0.25, 0.3) is 5.57 Å². The summed E-state index contributed by atoms with van der Waals surface area (Å²) in [6.07, 6.45) is 2.14. The number of hydrogen-bond acceptors (Lipinski definition) is 4. The summed E-state index contributed by atoms with van der Waals surface area (Å²) in [6.45, 7) is 10.0. The van der Waals surface area contributed by atoms with E-state index < -0.39 is 0 Å². The second kappa shape index (κ2) is 12.1. The number of rotatable bonds is 11. The molecule has 1 atom stereocenters. The van der Waals surface area contributed by atoms with Crippen LogP contribution in [0.3, 0.4) is 0 Å². The van der Waals surface area contributed by atoms with Crippen molar-refractivity contribution in [1.82, 2.24) is 4.90 Å². The molecule has 0 amide bonds. The van der Waals surface area contributed by atoms with E-state index in [1.165, 1.54) is 5.57 Å². The van der Waals surface area contributed by atoms with Crippen LogP contribution in [0.1, 0.15) is 43.4 Å².